The van der Waals surface area contributed by atoms with Gasteiger partial charge in [-0.2, -0.15) is 0 Å². The van der Waals surface area contributed by atoms with Crippen LogP contribution < -0.4 is 11.1 Å². The van der Waals surface area contributed by atoms with E-state index in [-0.39, 0.29) is 6.04 Å². The Kier molecular flexibility index (Phi) is 9.79. The highest BCUT2D eigenvalue weighted by Crippen LogP contribution is 2.32. The molecule has 0 saturated heterocycles. The molecular formula is C25H41N5O. The highest BCUT2D eigenvalue weighted by atomic mass is 16.1. The van der Waals surface area contributed by atoms with Crippen molar-refractivity contribution in [1.82, 2.24) is 15.2 Å². The SMILES string of the molecule is CN(C=O)C(N)=N[C@H](CCC1CCCCC1)C[C@H]1CCC[C@@H](NCc2ccncc2)C1. The van der Waals surface area contributed by atoms with Crippen molar-refractivity contribution in [2.45, 2.75) is 95.7 Å². The van der Waals surface area contributed by atoms with Gasteiger partial charge in [-0.25, -0.2) is 4.99 Å². The van der Waals surface area contributed by atoms with Crippen LogP contribution in [0.15, 0.2) is 29.5 Å². The average Bonchev–Trinajstić information content (AvgIpc) is 2.82. The van der Waals surface area contributed by atoms with Crippen molar-refractivity contribution in [2.24, 2.45) is 22.6 Å². The fourth-order valence-corrected chi connectivity index (χ4v) is 5.31. The molecule has 3 atom stereocenters. The molecule has 1 aromatic heterocycles. The first-order valence-corrected chi connectivity index (χ1v) is 12.3. The zero-order chi connectivity index (χ0) is 21.9. The van der Waals surface area contributed by atoms with Crippen molar-refractivity contribution in [3.05, 3.63) is 30.1 Å². The molecule has 0 aliphatic heterocycles. The van der Waals surface area contributed by atoms with Crippen molar-refractivity contribution < 1.29 is 4.79 Å². The van der Waals surface area contributed by atoms with Gasteiger partial charge in [-0.05, 0) is 61.6 Å². The summed E-state index contributed by atoms with van der Waals surface area (Å²) in [6, 6.07) is 4.93. The highest BCUT2D eigenvalue weighted by Gasteiger charge is 2.25. The van der Waals surface area contributed by atoms with Crippen LogP contribution in [-0.4, -0.2) is 41.4 Å². The van der Waals surface area contributed by atoms with Gasteiger partial charge in [0.1, 0.15) is 0 Å². The molecule has 0 spiro atoms. The van der Waals surface area contributed by atoms with E-state index in [4.69, 9.17) is 10.7 Å². The second-order valence-electron chi connectivity index (χ2n) is 9.64. The number of nitrogens with two attached hydrogens (primary N) is 1. The van der Waals surface area contributed by atoms with E-state index in [0.29, 0.717) is 17.9 Å². The van der Waals surface area contributed by atoms with Crippen molar-refractivity contribution >= 4 is 12.4 Å². The van der Waals surface area contributed by atoms with Gasteiger partial charge < -0.3 is 11.1 Å². The Balaban J connectivity index is 1.54. The van der Waals surface area contributed by atoms with Crippen LogP contribution >= 0.6 is 0 Å². The zero-order valence-corrected chi connectivity index (χ0v) is 19.2. The van der Waals surface area contributed by atoms with Gasteiger partial charge in [0.2, 0.25) is 6.41 Å². The van der Waals surface area contributed by atoms with Crippen molar-refractivity contribution in [3.8, 4) is 0 Å². The molecule has 1 heterocycles. The normalized spacial score (nSPS) is 24.0. The van der Waals surface area contributed by atoms with Gasteiger partial charge in [-0.1, -0.05) is 44.9 Å². The van der Waals surface area contributed by atoms with Gasteiger partial charge >= 0.3 is 0 Å². The molecule has 2 aliphatic carbocycles. The molecule has 1 amide bonds. The minimum Gasteiger partial charge on any atom is -0.369 e. The molecule has 0 radical (unpaired) electrons. The number of rotatable bonds is 10. The van der Waals surface area contributed by atoms with Crippen molar-refractivity contribution in [2.75, 3.05) is 7.05 Å². The molecule has 6 nitrogen and oxygen atoms in total. The number of aliphatic imine (C=N–C) groups is 1. The number of hydrogen-bond acceptors (Lipinski definition) is 4. The summed E-state index contributed by atoms with van der Waals surface area (Å²) >= 11 is 0. The first-order valence-electron chi connectivity index (χ1n) is 12.3. The lowest BCUT2D eigenvalue weighted by Gasteiger charge is -2.32. The van der Waals surface area contributed by atoms with Crippen LogP contribution in [-0.2, 0) is 11.3 Å². The summed E-state index contributed by atoms with van der Waals surface area (Å²) in [5, 5.41) is 3.75. The summed E-state index contributed by atoms with van der Waals surface area (Å²) < 4.78 is 0. The molecule has 2 aliphatic rings. The summed E-state index contributed by atoms with van der Waals surface area (Å²) in [5.74, 6) is 1.86. The fourth-order valence-electron chi connectivity index (χ4n) is 5.31. The predicted octanol–water partition coefficient (Wildman–Crippen LogP) is 4.25. The summed E-state index contributed by atoms with van der Waals surface area (Å²) in [4.78, 5) is 21.4. The summed E-state index contributed by atoms with van der Waals surface area (Å²) in [6.45, 7) is 0.903. The molecule has 0 aromatic carbocycles. The highest BCUT2D eigenvalue weighted by molar-refractivity contribution is 5.87. The van der Waals surface area contributed by atoms with Crippen LogP contribution in [0.2, 0.25) is 0 Å². The molecule has 3 rings (SSSR count). The van der Waals surface area contributed by atoms with Crippen LogP contribution in [0, 0.1) is 11.8 Å². The molecule has 31 heavy (non-hydrogen) atoms. The molecule has 3 N–H and O–H groups in total. The second-order valence-corrected chi connectivity index (χ2v) is 9.64. The monoisotopic (exact) mass is 427 g/mol. The number of hydrogen-bond donors (Lipinski definition) is 2. The molecular weight excluding hydrogens is 386 g/mol. The van der Waals surface area contributed by atoms with E-state index in [9.17, 15) is 4.79 Å². The van der Waals surface area contributed by atoms with Crippen LogP contribution in [0.25, 0.3) is 0 Å². The number of carbonyl (C=O) groups excluding carboxylic acids is 1. The number of guanidine groups is 1. The Morgan fingerprint density at radius 2 is 1.94 bits per heavy atom. The van der Waals surface area contributed by atoms with Crippen LogP contribution in [0.4, 0.5) is 0 Å². The second kappa shape index (κ2) is 12.8. The van der Waals surface area contributed by atoms with Crippen LogP contribution in [0.1, 0.15) is 82.6 Å². The number of nitrogens with zero attached hydrogens (tertiary/aromatic N) is 3. The fraction of sp³-hybridized carbons (Fsp3) is 0.720. The number of carbonyl (C=O) groups is 1. The maximum absolute atomic E-state index is 11.1. The molecule has 1 aromatic rings. The maximum Gasteiger partial charge on any atom is 0.216 e. The third kappa shape index (κ3) is 8.24. The van der Waals surface area contributed by atoms with Gasteiger partial charge in [0, 0.05) is 32.0 Å². The van der Waals surface area contributed by atoms with Crippen LogP contribution in [0.5, 0.6) is 0 Å². The third-order valence-corrected chi connectivity index (χ3v) is 7.20. The van der Waals surface area contributed by atoms with Crippen LogP contribution in [0.3, 0.4) is 0 Å². The van der Waals surface area contributed by atoms with Gasteiger partial charge in [-0.15, -0.1) is 0 Å². The van der Waals surface area contributed by atoms with Crippen molar-refractivity contribution in [3.63, 3.8) is 0 Å². The first-order chi connectivity index (χ1) is 15.1. The number of nitrogens with one attached hydrogen (secondary N) is 1. The average molecular weight is 428 g/mol. The van der Waals surface area contributed by atoms with Gasteiger partial charge in [0.25, 0.3) is 0 Å². The zero-order valence-electron chi connectivity index (χ0n) is 19.2. The standard InChI is InChI=1S/C25H41N5O/c1-30(19-31)25(26)29-24(11-10-20-6-3-2-4-7-20)17-22-8-5-9-23(16-22)28-18-21-12-14-27-15-13-21/h12-15,19-20,22-24,28H,2-11,16-18H2,1H3,(H2,26,29)/t22-,23+,24+/m0/s1. The van der Waals surface area contributed by atoms with E-state index >= 15 is 0 Å². The minimum absolute atomic E-state index is 0.216. The summed E-state index contributed by atoms with van der Waals surface area (Å²) in [6.07, 6.45) is 19.7. The lowest BCUT2D eigenvalue weighted by molar-refractivity contribution is -0.114. The quantitative estimate of drug-likeness (QED) is 0.332. The Hall–Kier alpha value is -1.95. The number of aromatic nitrogens is 1. The molecule has 0 bridgehead atoms. The van der Waals surface area contributed by atoms with E-state index in [2.05, 4.69) is 22.4 Å². The first kappa shape index (κ1) is 23.7. The van der Waals surface area contributed by atoms with Gasteiger partial charge in [-0.3, -0.25) is 14.7 Å². The lowest BCUT2D eigenvalue weighted by atomic mass is 9.80. The Morgan fingerprint density at radius 1 is 1.19 bits per heavy atom. The van der Waals surface area contributed by atoms with E-state index in [0.717, 1.165) is 31.7 Å². The van der Waals surface area contributed by atoms with E-state index < -0.39 is 0 Å². The largest absolute Gasteiger partial charge is 0.369 e. The minimum atomic E-state index is 0.216. The summed E-state index contributed by atoms with van der Waals surface area (Å²) in [5.41, 5.74) is 7.40. The third-order valence-electron chi connectivity index (χ3n) is 7.20. The van der Waals surface area contributed by atoms with Gasteiger partial charge in [0.15, 0.2) is 5.96 Å². The molecule has 172 valence electrons. The number of amides is 1. The predicted molar refractivity (Wildman–Crippen MR) is 126 cm³/mol. The van der Waals surface area contributed by atoms with Gasteiger partial charge in [0.05, 0.1) is 6.04 Å². The Morgan fingerprint density at radius 3 is 2.68 bits per heavy atom. The topological polar surface area (TPSA) is 83.6 Å². The molecule has 0 unspecified atom stereocenters. The van der Waals surface area contributed by atoms with Crippen molar-refractivity contribution in [1.29, 1.82) is 0 Å². The van der Waals surface area contributed by atoms with E-state index in [1.54, 1.807) is 7.05 Å². The molecule has 6 heteroatoms. The van der Waals surface area contributed by atoms with E-state index in [1.807, 2.05) is 12.4 Å². The maximum atomic E-state index is 11.1. The lowest BCUT2D eigenvalue weighted by Crippen LogP contribution is -2.36. The van der Waals surface area contributed by atoms with E-state index in [1.165, 1.54) is 74.7 Å². The molecule has 2 fully saturated rings. The molecule has 2 saturated carbocycles. The Bertz CT molecular complexity index is 674. The Labute approximate surface area is 188 Å². The summed E-state index contributed by atoms with van der Waals surface area (Å²) in [7, 11) is 1.68. The number of pyridine rings is 1. The smallest absolute Gasteiger partial charge is 0.216 e.